The predicted octanol–water partition coefficient (Wildman–Crippen LogP) is 5.01. The second-order valence-electron chi connectivity index (χ2n) is 9.94. The summed E-state index contributed by atoms with van der Waals surface area (Å²) in [5.41, 5.74) is 5.54. The van der Waals surface area contributed by atoms with Crippen LogP contribution in [0.15, 0.2) is 72.8 Å². The lowest BCUT2D eigenvalue weighted by atomic mass is 9.93. The first-order chi connectivity index (χ1) is 18.1. The van der Waals surface area contributed by atoms with Gasteiger partial charge >= 0.3 is 0 Å². The van der Waals surface area contributed by atoms with Gasteiger partial charge in [-0.3, -0.25) is 9.69 Å². The molecule has 1 fully saturated rings. The summed E-state index contributed by atoms with van der Waals surface area (Å²) in [6.07, 6.45) is 1.90. The van der Waals surface area contributed by atoms with Gasteiger partial charge in [-0.2, -0.15) is 0 Å². The molecular formula is C31H37N3O3. The van der Waals surface area contributed by atoms with Crippen molar-refractivity contribution >= 4 is 11.6 Å². The highest BCUT2D eigenvalue weighted by atomic mass is 16.5. The number of fused-ring (bicyclic) bond motifs is 1. The first-order valence-electron chi connectivity index (χ1n) is 13.3. The van der Waals surface area contributed by atoms with Crippen LogP contribution in [0.3, 0.4) is 0 Å². The van der Waals surface area contributed by atoms with Crippen LogP contribution in [0.1, 0.15) is 52.5 Å². The van der Waals surface area contributed by atoms with Gasteiger partial charge in [0.05, 0.1) is 25.9 Å². The summed E-state index contributed by atoms with van der Waals surface area (Å²) in [6.45, 7) is 7.87. The lowest BCUT2D eigenvalue weighted by Crippen LogP contribution is -2.46. The molecule has 1 amide bonds. The average molecular weight is 500 g/mol. The summed E-state index contributed by atoms with van der Waals surface area (Å²) >= 11 is 0. The number of hydrogen-bond donors (Lipinski definition) is 1. The van der Waals surface area contributed by atoms with Crippen LogP contribution in [0.5, 0.6) is 5.75 Å². The van der Waals surface area contributed by atoms with E-state index >= 15 is 0 Å². The van der Waals surface area contributed by atoms with E-state index in [-0.39, 0.29) is 18.1 Å². The molecule has 0 aromatic heterocycles. The maximum Gasteiger partial charge on any atom is 0.251 e. The molecule has 37 heavy (non-hydrogen) atoms. The van der Waals surface area contributed by atoms with Crippen LogP contribution in [-0.4, -0.2) is 57.2 Å². The lowest BCUT2D eigenvalue weighted by Gasteiger charge is -2.37. The second-order valence-corrected chi connectivity index (χ2v) is 9.94. The van der Waals surface area contributed by atoms with E-state index in [9.17, 15) is 4.79 Å². The summed E-state index contributed by atoms with van der Waals surface area (Å²) in [6, 6.07) is 24.5. The van der Waals surface area contributed by atoms with Gasteiger partial charge in [0.15, 0.2) is 0 Å². The fourth-order valence-corrected chi connectivity index (χ4v) is 5.34. The van der Waals surface area contributed by atoms with Crippen molar-refractivity contribution in [1.82, 2.24) is 10.2 Å². The van der Waals surface area contributed by atoms with E-state index in [1.54, 1.807) is 7.11 Å². The molecule has 3 aromatic carbocycles. The van der Waals surface area contributed by atoms with E-state index in [1.807, 2.05) is 55.5 Å². The van der Waals surface area contributed by atoms with E-state index in [2.05, 4.69) is 39.4 Å². The van der Waals surface area contributed by atoms with Gasteiger partial charge in [-0.05, 0) is 72.9 Å². The van der Waals surface area contributed by atoms with Crippen LogP contribution in [0.25, 0.3) is 0 Å². The molecular weight excluding hydrogens is 462 g/mol. The van der Waals surface area contributed by atoms with Gasteiger partial charge in [-0.1, -0.05) is 36.4 Å². The van der Waals surface area contributed by atoms with E-state index in [4.69, 9.17) is 9.47 Å². The number of amides is 1. The van der Waals surface area contributed by atoms with Crippen LogP contribution in [0.4, 0.5) is 5.69 Å². The van der Waals surface area contributed by atoms with Crippen molar-refractivity contribution < 1.29 is 14.3 Å². The number of benzene rings is 3. The Kier molecular flexibility index (Phi) is 8.07. The van der Waals surface area contributed by atoms with Crippen molar-refractivity contribution in [3.63, 3.8) is 0 Å². The zero-order chi connectivity index (χ0) is 25.6. The number of anilines is 1. The Morgan fingerprint density at radius 2 is 1.78 bits per heavy atom. The predicted molar refractivity (Wildman–Crippen MR) is 147 cm³/mol. The van der Waals surface area contributed by atoms with Gasteiger partial charge in [0, 0.05) is 44.0 Å². The molecule has 0 saturated carbocycles. The van der Waals surface area contributed by atoms with Crippen molar-refractivity contribution in [2.75, 3.05) is 51.3 Å². The highest BCUT2D eigenvalue weighted by Gasteiger charge is 2.24. The van der Waals surface area contributed by atoms with Crippen molar-refractivity contribution in [1.29, 1.82) is 0 Å². The van der Waals surface area contributed by atoms with E-state index in [0.29, 0.717) is 6.61 Å². The molecule has 2 atom stereocenters. The fraction of sp³-hybridized carbons (Fsp3) is 0.387. The SMILES string of the molecule is COc1ccc(N2CCN(CC[C@@H]3OCCc4cc(C(=O)NC(C)c5ccccc5)ccc43)CC2)cc1. The molecule has 3 aromatic rings. The zero-order valence-electron chi connectivity index (χ0n) is 21.9. The molecule has 2 aliphatic rings. The molecule has 1 N–H and O–H groups in total. The molecule has 194 valence electrons. The van der Waals surface area contributed by atoms with Crippen molar-refractivity contribution in [3.05, 3.63) is 95.1 Å². The minimum atomic E-state index is -0.0361. The molecule has 5 rings (SSSR count). The number of ether oxygens (including phenoxy) is 2. The number of piperazine rings is 1. The third-order valence-electron chi connectivity index (χ3n) is 7.61. The molecule has 2 aliphatic heterocycles. The first-order valence-corrected chi connectivity index (χ1v) is 13.3. The Bertz CT molecular complexity index is 1170. The molecule has 1 saturated heterocycles. The maximum absolute atomic E-state index is 12.9. The fourth-order valence-electron chi connectivity index (χ4n) is 5.34. The monoisotopic (exact) mass is 499 g/mol. The number of carbonyl (C=O) groups is 1. The largest absolute Gasteiger partial charge is 0.497 e. The van der Waals surface area contributed by atoms with Crippen molar-refractivity contribution in [2.45, 2.75) is 31.9 Å². The molecule has 1 unspecified atom stereocenters. The van der Waals surface area contributed by atoms with E-state index < -0.39 is 0 Å². The van der Waals surface area contributed by atoms with Crippen LogP contribution >= 0.6 is 0 Å². The molecule has 6 nitrogen and oxygen atoms in total. The highest BCUT2D eigenvalue weighted by Crippen LogP contribution is 2.31. The molecule has 0 radical (unpaired) electrons. The van der Waals surface area contributed by atoms with Crippen LogP contribution in [0.2, 0.25) is 0 Å². The zero-order valence-corrected chi connectivity index (χ0v) is 21.9. The molecule has 6 heteroatoms. The minimum Gasteiger partial charge on any atom is -0.497 e. The third-order valence-corrected chi connectivity index (χ3v) is 7.61. The Balaban J connectivity index is 1.14. The average Bonchev–Trinajstić information content (AvgIpc) is 2.96. The number of methoxy groups -OCH3 is 1. The van der Waals surface area contributed by atoms with Crippen LogP contribution in [0, 0.1) is 0 Å². The van der Waals surface area contributed by atoms with Gasteiger partial charge in [0.1, 0.15) is 5.75 Å². The third kappa shape index (κ3) is 6.14. The molecule has 2 heterocycles. The number of rotatable bonds is 8. The van der Waals surface area contributed by atoms with Gasteiger partial charge in [0.2, 0.25) is 0 Å². The quantitative estimate of drug-likeness (QED) is 0.472. The van der Waals surface area contributed by atoms with Crippen molar-refractivity contribution in [3.8, 4) is 5.75 Å². The van der Waals surface area contributed by atoms with Gasteiger partial charge in [-0.15, -0.1) is 0 Å². The molecule has 0 aliphatic carbocycles. The first kappa shape index (κ1) is 25.3. The van der Waals surface area contributed by atoms with Crippen molar-refractivity contribution in [2.24, 2.45) is 0 Å². The Morgan fingerprint density at radius 1 is 1.03 bits per heavy atom. The van der Waals surface area contributed by atoms with Gasteiger partial charge in [0.25, 0.3) is 5.91 Å². The molecule has 0 bridgehead atoms. The van der Waals surface area contributed by atoms with Crippen LogP contribution in [-0.2, 0) is 11.2 Å². The van der Waals surface area contributed by atoms with E-state index in [1.165, 1.54) is 16.8 Å². The standard InChI is InChI=1S/C31H37N3O3/c1-23(24-6-4-3-5-7-24)32-31(35)26-8-13-29-25(22-26)15-21-37-30(29)14-16-33-17-19-34(20-18-33)27-9-11-28(36-2)12-10-27/h3-13,22-23,30H,14-21H2,1-2H3,(H,32,35)/t23?,30-/m0/s1. The van der Waals surface area contributed by atoms with E-state index in [0.717, 1.165) is 62.4 Å². The topological polar surface area (TPSA) is 54.0 Å². The second kappa shape index (κ2) is 11.8. The number of nitrogens with one attached hydrogen (secondary N) is 1. The smallest absolute Gasteiger partial charge is 0.251 e. The lowest BCUT2D eigenvalue weighted by molar-refractivity contribution is 0.0288. The maximum atomic E-state index is 12.9. The number of carbonyl (C=O) groups excluding carboxylic acids is 1. The normalized spacial score (nSPS) is 18.6. The Labute approximate surface area is 220 Å². The number of nitrogens with zero attached hydrogens (tertiary/aromatic N) is 2. The Hall–Kier alpha value is -3.35. The number of hydrogen-bond acceptors (Lipinski definition) is 5. The molecule has 0 spiro atoms. The summed E-state index contributed by atoms with van der Waals surface area (Å²) < 4.78 is 11.5. The van der Waals surface area contributed by atoms with Crippen LogP contribution < -0.4 is 15.0 Å². The highest BCUT2D eigenvalue weighted by molar-refractivity contribution is 5.94. The summed E-state index contributed by atoms with van der Waals surface area (Å²) in [7, 11) is 1.70. The minimum absolute atomic E-state index is 0.0306. The van der Waals surface area contributed by atoms with Gasteiger partial charge in [-0.25, -0.2) is 0 Å². The summed E-state index contributed by atoms with van der Waals surface area (Å²) in [5.74, 6) is 0.863. The summed E-state index contributed by atoms with van der Waals surface area (Å²) in [4.78, 5) is 17.9. The van der Waals surface area contributed by atoms with Gasteiger partial charge < -0.3 is 19.7 Å². The Morgan fingerprint density at radius 3 is 2.51 bits per heavy atom. The summed E-state index contributed by atoms with van der Waals surface area (Å²) in [5, 5.41) is 3.13.